The first-order valence-corrected chi connectivity index (χ1v) is 13.4. The first-order chi connectivity index (χ1) is 11.3. The van der Waals surface area contributed by atoms with Crippen molar-refractivity contribution in [3.05, 3.63) is 0 Å². The van der Waals surface area contributed by atoms with Crippen molar-refractivity contribution in [1.29, 1.82) is 0 Å². The standard InChI is InChI=1S/C19H44O2Si2/c1-3-4-5-6-7-8-9-10-11-12-13-14-15-16-17-18-19-20-23(2)21-22/h23H,3-19H2,1-2,22H3. The fourth-order valence-corrected chi connectivity index (χ4v) is 4.01. The van der Waals surface area contributed by atoms with Crippen LogP contribution in [-0.2, 0) is 8.54 Å². The van der Waals surface area contributed by atoms with Crippen molar-refractivity contribution in [2.75, 3.05) is 6.61 Å². The van der Waals surface area contributed by atoms with Crippen LogP contribution in [0.2, 0.25) is 6.55 Å². The van der Waals surface area contributed by atoms with Gasteiger partial charge in [-0.05, 0) is 13.0 Å². The Morgan fingerprint density at radius 1 is 0.609 bits per heavy atom. The van der Waals surface area contributed by atoms with Crippen molar-refractivity contribution in [1.82, 2.24) is 0 Å². The summed E-state index contributed by atoms with van der Waals surface area (Å²) < 4.78 is 11.0. The van der Waals surface area contributed by atoms with Gasteiger partial charge in [0.2, 0.25) is 0 Å². The zero-order valence-electron chi connectivity index (χ0n) is 16.4. The molecule has 0 rings (SSSR count). The van der Waals surface area contributed by atoms with Gasteiger partial charge >= 0.3 is 9.28 Å². The molecule has 0 fully saturated rings. The molecule has 0 aromatic carbocycles. The fourth-order valence-electron chi connectivity index (χ4n) is 2.97. The van der Waals surface area contributed by atoms with Gasteiger partial charge in [-0.2, -0.15) is 0 Å². The van der Waals surface area contributed by atoms with Crippen LogP contribution in [0.15, 0.2) is 0 Å². The normalized spacial score (nSPS) is 12.8. The van der Waals surface area contributed by atoms with Crippen LogP contribution >= 0.6 is 0 Å². The largest absolute Gasteiger partial charge is 0.447 e. The number of unbranched alkanes of at least 4 members (excludes halogenated alkanes) is 15. The van der Waals surface area contributed by atoms with Gasteiger partial charge in [0.1, 0.15) is 10.5 Å². The first kappa shape index (κ1) is 23.4. The Balaban J connectivity index is 2.97. The van der Waals surface area contributed by atoms with Gasteiger partial charge in [-0.3, -0.25) is 0 Å². The fraction of sp³-hybridized carbons (Fsp3) is 1.00. The second kappa shape index (κ2) is 20.4. The van der Waals surface area contributed by atoms with E-state index in [1.807, 2.05) is 0 Å². The molecule has 0 N–H and O–H groups in total. The molecular formula is C19H44O2Si2. The third kappa shape index (κ3) is 20.3. The van der Waals surface area contributed by atoms with Gasteiger partial charge in [-0.25, -0.2) is 0 Å². The molecule has 0 aliphatic heterocycles. The molecule has 23 heavy (non-hydrogen) atoms. The SMILES string of the molecule is CCCCCCCCCCCCCCCCCCO[SiH](C)O[SiH3]. The lowest BCUT2D eigenvalue weighted by Crippen LogP contribution is -2.17. The van der Waals surface area contributed by atoms with E-state index < -0.39 is 9.28 Å². The molecule has 0 amide bonds. The van der Waals surface area contributed by atoms with E-state index in [1.54, 1.807) is 0 Å². The van der Waals surface area contributed by atoms with E-state index in [2.05, 4.69) is 13.5 Å². The van der Waals surface area contributed by atoms with E-state index in [-0.39, 0.29) is 0 Å². The molecule has 0 aliphatic carbocycles. The van der Waals surface area contributed by atoms with E-state index in [4.69, 9.17) is 8.54 Å². The van der Waals surface area contributed by atoms with Gasteiger partial charge < -0.3 is 8.54 Å². The highest BCUT2D eigenvalue weighted by atomic mass is 28.3. The minimum Gasteiger partial charge on any atom is -0.447 e. The summed E-state index contributed by atoms with van der Waals surface area (Å²) in [6, 6.07) is 0. The summed E-state index contributed by atoms with van der Waals surface area (Å²) in [6.45, 7) is 5.34. The van der Waals surface area contributed by atoms with Crippen molar-refractivity contribution >= 4 is 19.8 Å². The Bertz CT molecular complexity index is 216. The molecule has 0 aromatic rings. The topological polar surface area (TPSA) is 18.5 Å². The van der Waals surface area contributed by atoms with Crippen LogP contribution in [0.4, 0.5) is 0 Å². The quantitative estimate of drug-likeness (QED) is 0.226. The van der Waals surface area contributed by atoms with E-state index in [0.717, 1.165) is 17.1 Å². The summed E-state index contributed by atoms with van der Waals surface area (Å²) in [6.07, 6.45) is 22.8. The van der Waals surface area contributed by atoms with Crippen LogP contribution in [0, 0.1) is 0 Å². The van der Waals surface area contributed by atoms with Gasteiger partial charge in [-0.15, -0.1) is 0 Å². The molecule has 0 saturated carbocycles. The van der Waals surface area contributed by atoms with Crippen LogP contribution in [0.1, 0.15) is 110 Å². The minimum atomic E-state index is -1.21. The van der Waals surface area contributed by atoms with Crippen molar-refractivity contribution < 1.29 is 8.54 Å². The second-order valence-electron chi connectivity index (χ2n) is 6.98. The molecule has 0 aromatic heterocycles. The Morgan fingerprint density at radius 2 is 0.957 bits per heavy atom. The maximum Gasteiger partial charge on any atom is 0.307 e. The van der Waals surface area contributed by atoms with Gasteiger partial charge in [0, 0.05) is 6.61 Å². The number of hydrogen-bond donors (Lipinski definition) is 0. The van der Waals surface area contributed by atoms with E-state index in [9.17, 15) is 0 Å². The molecule has 1 atom stereocenters. The highest BCUT2D eigenvalue weighted by molar-refractivity contribution is 6.47. The van der Waals surface area contributed by atoms with Gasteiger partial charge in [-0.1, -0.05) is 103 Å². The lowest BCUT2D eigenvalue weighted by molar-refractivity contribution is 0.266. The molecule has 0 radical (unpaired) electrons. The lowest BCUT2D eigenvalue weighted by Gasteiger charge is -2.09. The van der Waals surface area contributed by atoms with Crippen LogP contribution in [0.5, 0.6) is 0 Å². The third-order valence-electron chi connectivity index (χ3n) is 4.68. The zero-order valence-corrected chi connectivity index (χ0v) is 19.6. The molecule has 0 heterocycles. The summed E-state index contributed by atoms with van der Waals surface area (Å²) >= 11 is 0. The maximum atomic E-state index is 5.66. The molecular weight excluding hydrogens is 316 g/mol. The Morgan fingerprint density at radius 3 is 1.30 bits per heavy atom. The van der Waals surface area contributed by atoms with Crippen molar-refractivity contribution in [2.24, 2.45) is 0 Å². The van der Waals surface area contributed by atoms with Crippen LogP contribution in [0.25, 0.3) is 0 Å². The van der Waals surface area contributed by atoms with Crippen molar-refractivity contribution in [3.63, 3.8) is 0 Å². The zero-order chi connectivity index (χ0) is 17.0. The van der Waals surface area contributed by atoms with Crippen molar-refractivity contribution in [2.45, 2.75) is 116 Å². The molecule has 0 saturated heterocycles. The molecule has 2 nitrogen and oxygen atoms in total. The molecule has 0 spiro atoms. The van der Waals surface area contributed by atoms with Crippen LogP contribution in [0.3, 0.4) is 0 Å². The van der Waals surface area contributed by atoms with Crippen molar-refractivity contribution in [3.8, 4) is 0 Å². The van der Waals surface area contributed by atoms with Crippen LogP contribution < -0.4 is 0 Å². The van der Waals surface area contributed by atoms with Gasteiger partial charge in [0.15, 0.2) is 0 Å². The highest BCUT2D eigenvalue weighted by Gasteiger charge is 2.00. The number of hydrogen-bond acceptors (Lipinski definition) is 2. The molecule has 140 valence electrons. The lowest BCUT2D eigenvalue weighted by atomic mass is 10.0. The molecule has 1 unspecified atom stereocenters. The smallest absolute Gasteiger partial charge is 0.307 e. The van der Waals surface area contributed by atoms with E-state index >= 15 is 0 Å². The third-order valence-corrected chi connectivity index (χ3v) is 8.04. The summed E-state index contributed by atoms with van der Waals surface area (Å²) in [5.74, 6) is 0. The minimum absolute atomic E-state index is 0.831. The van der Waals surface area contributed by atoms with Crippen LogP contribution in [-0.4, -0.2) is 26.4 Å². The van der Waals surface area contributed by atoms with Gasteiger partial charge in [0.25, 0.3) is 0 Å². The summed E-state index contributed by atoms with van der Waals surface area (Å²) in [7, 11) is -0.384. The average molecular weight is 361 g/mol. The highest BCUT2D eigenvalue weighted by Crippen LogP contribution is 2.13. The average Bonchev–Trinajstić information content (AvgIpc) is 2.57. The maximum absolute atomic E-state index is 5.66. The second-order valence-corrected chi connectivity index (χ2v) is 10.3. The Labute approximate surface area is 151 Å². The van der Waals surface area contributed by atoms with E-state index in [0.29, 0.717) is 0 Å². The summed E-state index contributed by atoms with van der Waals surface area (Å²) in [5, 5.41) is 0. The Kier molecular flexibility index (Phi) is 20.7. The summed E-state index contributed by atoms with van der Waals surface area (Å²) in [4.78, 5) is 0. The predicted molar refractivity (Wildman–Crippen MR) is 110 cm³/mol. The number of rotatable bonds is 19. The molecule has 0 aliphatic rings. The Hall–Kier alpha value is 0.354. The summed E-state index contributed by atoms with van der Waals surface area (Å²) in [5.41, 5.74) is 0. The van der Waals surface area contributed by atoms with E-state index in [1.165, 1.54) is 103 Å². The first-order valence-electron chi connectivity index (χ1n) is 10.5. The molecule has 4 heteroatoms. The molecule has 0 bridgehead atoms. The van der Waals surface area contributed by atoms with Gasteiger partial charge in [0.05, 0.1) is 0 Å². The predicted octanol–water partition coefficient (Wildman–Crippen LogP) is 5.41. The monoisotopic (exact) mass is 360 g/mol.